The topological polar surface area (TPSA) is 20.3 Å². The van der Waals surface area contributed by atoms with E-state index >= 15 is 0 Å². The van der Waals surface area contributed by atoms with Gasteiger partial charge >= 0.3 is 0 Å². The van der Waals surface area contributed by atoms with Gasteiger partial charge in [-0.3, -0.25) is 9.69 Å². The lowest BCUT2D eigenvalue weighted by Gasteiger charge is -2.19. The monoisotopic (exact) mass is 275 g/mol. The standard InChI is InChI=1S/C10H14BrNOS/c1-7(2)12(3)6-8(13)9-4-5-10(11)14-9/h4-5,7H,6H2,1-3H3. The SMILES string of the molecule is CC(C)N(C)CC(=O)c1ccc(Br)s1. The summed E-state index contributed by atoms with van der Waals surface area (Å²) in [4.78, 5) is 14.6. The van der Waals surface area contributed by atoms with E-state index in [1.54, 1.807) is 0 Å². The minimum absolute atomic E-state index is 0.192. The summed E-state index contributed by atoms with van der Waals surface area (Å²) in [5, 5.41) is 0. The number of carbonyl (C=O) groups is 1. The normalized spacial score (nSPS) is 11.3. The van der Waals surface area contributed by atoms with Crippen LogP contribution in [-0.2, 0) is 0 Å². The summed E-state index contributed by atoms with van der Waals surface area (Å²) in [5.74, 6) is 0.192. The van der Waals surface area contributed by atoms with Crippen molar-refractivity contribution < 1.29 is 4.79 Å². The fourth-order valence-electron chi connectivity index (χ4n) is 0.951. The van der Waals surface area contributed by atoms with Gasteiger partial charge in [0.25, 0.3) is 0 Å². The zero-order valence-corrected chi connectivity index (χ0v) is 11.0. The molecular formula is C10H14BrNOS. The molecule has 0 fully saturated rings. The predicted molar refractivity (Wildman–Crippen MR) is 64.1 cm³/mol. The van der Waals surface area contributed by atoms with Crippen LogP contribution >= 0.6 is 27.3 Å². The summed E-state index contributed by atoms with van der Waals surface area (Å²) in [7, 11) is 1.96. The maximum Gasteiger partial charge on any atom is 0.186 e. The van der Waals surface area contributed by atoms with Crippen molar-refractivity contribution in [3.8, 4) is 0 Å². The van der Waals surface area contributed by atoms with Crippen molar-refractivity contribution in [2.24, 2.45) is 0 Å². The molecule has 78 valence electrons. The van der Waals surface area contributed by atoms with Crippen LogP contribution in [0.1, 0.15) is 23.5 Å². The molecule has 0 saturated carbocycles. The van der Waals surface area contributed by atoms with Crippen LogP contribution in [0.2, 0.25) is 0 Å². The molecule has 0 atom stereocenters. The van der Waals surface area contributed by atoms with Crippen molar-refractivity contribution in [1.82, 2.24) is 4.90 Å². The molecule has 1 heterocycles. The Hall–Kier alpha value is -0.190. The third-order valence-corrected chi connectivity index (χ3v) is 3.79. The highest BCUT2D eigenvalue weighted by atomic mass is 79.9. The van der Waals surface area contributed by atoms with Gasteiger partial charge in [0.1, 0.15) is 0 Å². The lowest BCUT2D eigenvalue weighted by atomic mass is 10.2. The molecule has 1 aromatic heterocycles. The van der Waals surface area contributed by atoms with Gasteiger partial charge in [-0.2, -0.15) is 0 Å². The van der Waals surface area contributed by atoms with Crippen LogP contribution in [0, 0.1) is 0 Å². The summed E-state index contributed by atoms with van der Waals surface area (Å²) in [6.45, 7) is 4.65. The Morgan fingerprint density at radius 1 is 1.57 bits per heavy atom. The van der Waals surface area contributed by atoms with E-state index in [1.165, 1.54) is 11.3 Å². The predicted octanol–water partition coefficient (Wildman–Crippen LogP) is 3.03. The molecule has 0 aliphatic rings. The number of nitrogens with zero attached hydrogens (tertiary/aromatic N) is 1. The molecule has 0 aliphatic carbocycles. The lowest BCUT2D eigenvalue weighted by Crippen LogP contribution is -2.31. The van der Waals surface area contributed by atoms with Gasteiger partial charge in [0.05, 0.1) is 15.2 Å². The Bertz CT molecular complexity index is 322. The first-order chi connectivity index (χ1) is 6.50. The molecule has 0 bridgehead atoms. The van der Waals surface area contributed by atoms with E-state index in [4.69, 9.17) is 0 Å². The Labute approximate surface area is 97.1 Å². The number of ketones is 1. The third-order valence-electron chi connectivity index (χ3n) is 2.12. The average Bonchev–Trinajstić information content (AvgIpc) is 2.51. The van der Waals surface area contributed by atoms with Gasteiger partial charge < -0.3 is 0 Å². The van der Waals surface area contributed by atoms with Crippen molar-refractivity contribution in [2.45, 2.75) is 19.9 Å². The van der Waals surface area contributed by atoms with Crippen LogP contribution < -0.4 is 0 Å². The zero-order chi connectivity index (χ0) is 10.7. The molecule has 2 nitrogen and oxygen atoms in total. The first kappa shape index (κ1) is 11.9. The Morgan fingerprint density at radius 3 is 2.64 bits per heavy atom. The summed E-state index contributed by atoms with van der Waals surface area (Å²) in [5.41, 5.74) is 0. The molecule has 0 amide bonds. The molecule has 4 heteroatoms. The minimum Gasteiger partial charge on any atom is -0.296 e. The second-order valence-corrected chi connectivity index (χ2v) is 6.00. The average molecular weight is 276 g/mol. The zero-order valence-electron chi connectivity index (χ0n) is 8.58. The lowest BCUT2D eigenvalue weighted by molar-refractivity contribution is 0.0933. The van der Waals surface area contributed by atoms with Crippen molar-refractivity contribution in [1.29, 1.82) is 0 Å². The van der Waals surface area contributed by atoms with Crippen LogP contribution in [0.5, 0.6) is 0 Å². The van der Waals surface area contributed by atoms with E-state index < -0.39 is 0 Å². The highest BCUT2D eigenvalue weighted by Gasteiger charge is 2.12. The first-order valence-corrected chi connectivity index (χ1v) is 6.10. The molecule has 1 rings (SSSR count). The van der Waals surface area contributed by atoms with Crippen molar-refractivity contribution in [2.75, 3.05) is 13.6 Å². The van der Waals surface area contributed by atoms with Crippen LogP contribution in [0.25, 0.3) is 0 Å². The summed E-state index contributed by atoms with van der Waals surface area (Å²) in [6.07, 6.45) is 0. The summed E-state index contributed by atoms with van der Waals surface area (Å²) >= 11 is 4.84. The first-order valence-electron chi connectivity index (χ1n) is 4.49. The van der Waals surface area contributed by atoms with Crippen molar-refractivity contribution in [3.63, 3.8) is 0 Å². The van der Waals surface area contributed by atoms with E-state index in [2.05, 4.69) is 29.8 Å². The van der Waals surface area contributed by atoms with E-state index in [1.807, 2.05) is 24.1 Å². The van der Waals surface area contributed by atoms with Gasteiger partial charge in [-0.15, -0.1) is 11.3 Å². The van der Waals surface area contributed by atoms with Gasteiger partial charge in [0.15, 0.2) is 5.78 Å². The van der Waals surface area contributed by atoms with Gasteiger partial charge in [-0.25, -0.2) is 0 Å². The number of rotatable bonds is 4. The number of Topliss-reactive ketones (excluding diaryl/α,β-unsaturated/α-hetero) is 1. The fraction of sp³-hybridized carbons (Fsp3) is 0.500. The Kier molecular flexibility index (Phi) is 4.29. The molecule has 0 aliphatic heterocycles. The second-order valence-electron chi connectivity index (χ2n) is 3.54. The molecule has 14 heavy (non-hydrogen) atoms. The highest BCUT2D eigenvalue weighted by molar-refractivity contribution is 9.11. The molecule has 0 spiro atoms. The Balaban J connectivity index is 2.59. The van der Waals surface area contributed by atoms with E-state index in [9.17, 15) is 4.79 Å². The number of carbonyl (C=O) groups excluding carboxylic acids is 1. The van der Waals surface area contributed by atoms with Gasteiger partial charge in [-0.1, -0.05) is 0 Å². The van der Waals surface area contributed by atoms with Gasteiger partial charge in [0, 0.05) is 6.04 Å². The van der Waals surface area contributed by atoms with Crippen LogP contribution in [0.15, 0.2) is 15.9 Å². The fourth-order valence-corrected chi connectivity index (χ4v) is 2.27. The molecule has 0 saturated heterocycles. The number of thiophene rings is 1. The van der Waals surface area contributed by atoms with E-state index in [0.29, 0.717) is 12.6 Å². The number of hydrogen-bond acceptors (Lipinski definition) is 3. The Morgan fingerprint density at radius 2 is 2.21 bits per heavy atom. The van der Waals surface area contributed by atoms with E-state index in [-0.39, 0.29) is 5.78 Å². The van der Waals surface area contributed by atoms with Crippen molar-refractivity contribution >= 4 is 33.0 Å². The molecule has 0 N–H and O–H groups in total. The highest BCUT2D eigenvalue weighted by Crippen LogP contribution is 2.22. The van der Waals surface area contributed by atoms with Gasteiger partial charge in [-0.05, 0) is 49.0 Å². The maximum absolute atomic E-state index is 11.7. The molecule has 1 aromatic rings. The minimum atomic E-state index is 0.192. The second kappa shape index (κ2) is 5.05. The number of hydrogen-bond donors (Lipinski definition) is 0. The van der Waals surface area contributed by atoms with Crippen LogP contribution in [0.4, 0.5) is 0 Å². The number of likely N-dealkylation sites (N-methyl/N-ethyl adjacent to an activating group) is 1. The van der Waals surface area contributed by atoms with E-state index in [0.717, 1.165) is 8.66 Å². The molecular weight excluding hydrogens is 262 g/mol. The molecule has 0 unspecified atom stereocenters. The maximum atomic E-state index is 11.7. The quantitative estimate of drug-likeness (QED) is 0.788. The largest absolute Gasteiger partial charge is 0.296 e. The third kappa shape index (κ3) is 3.19. The van der Waals surface area contributed by atoms with Gasteiger partial charge in [0.2, 0.25) is 0 Å². The van der Waals surface area contributed by atoms with Crippen LogP contribution in [-0.4, -0.2) is 30.3 Å². The van der Waals surface area contributed by atoms with Crippen LogP contribution in [0.3, 0.4) is 0 Å². The summed E-state index contributed by atoms with van der Waals surface area (Å²) < 4.78 is 1.01. The van der Waals surface area contributed by atoms with Crippen molar-refractivity contribution in [3.05, 3.63) is 20.8 Å². The molecule has 0 aromatic carbocycles. The summed E-state index contributed by atoms with van der Waals surface area (Å²) in [6, 6.07) is 4.18. The number of halogens is 1. The smallest absolute Gasteiger partial charge is 0.186 e. The molecule has 0 radical (unpaired) electrons.